The maximum Gasteiger partial charge on any atom is 0.234 e. The number of benzene rings is 1. The van der Waals surface area contributed by atoms with Crippen molar-refractivity contribution in [1.29, 1.82) is 0 Å². The molecular formula is C15H24N2O2. The molecule has 1 aromatic carbocycles. The third kappa shape index (κ3) is 3.96. The minimum Gasteiger partial charge on any atom is -0.496 e. The van der Waals surface area contributed by atoms with E-state index < -0.39 is 0 Å². The summed E-state index contributed by atoms with van der Waals surface area (Å²) < 4.78 is 5.37. The van der Waals surface area contributed by atoms with Crippen molar-refractivity contribution in [3.05, 3.63) is 29.3 Å². The van der Waals surface area contributed by atoms with E-state index in [1.54, 1.807) is 7.11 Å². The van der Waals surface area contributed by atoms with Crippen molar-refractivity contribution in [3.8, 4) is 5.75 Å². The van der Waals surface area contributed by atoms with Crippen molar-refractivity contribution >= 4 is 5.91 Å². The normalized spacial score (nSPS) is 12.9. The van der Waals surface area contributed by atoms with E-state index in [1.165, 1.54) is 5.56 Å². The van der Waals surface area contributed by atoms with Gasteiger partial charge in [-0.15, -0.1) is 0 Å². The van der Waals surface area contributed by atoms with Gasteiger partial charge in [0.25, 0.3) is 0 Å². The first-order chi connectivity index (χ1) is 8.79. The Morgan fingerprint density at radius 2 is 2.05 bits per heavy atom. The van der Waals surface area contributed by atoms with Gasteiger partial charge in [-0.1, -0.05) is 26.8 Å². The number of carbonyl (C=O) groups is 1. The fourth-order valence-electron chi connectivity index (χ4n) is 1.92. The molecular weight excluding hydrogens is 240 g/mol. The monoisotopic (exact) mass is 264 g/mol. The van der Waals surface area contributed by atoms with Crippen molar-refractivity contribution < 1.29 is 9.53 Å². The predicted octanol–water partition coefficient (Wildman–Crippen LogP) is 2.13. The summed E-state index contributed by atoms with van der Waals surface area (Å²) in [5.41, 5.74) is 7.55. The number of ether oxygens (including phenoxy) is 1. The van der Waals surface area contributed by atoms with E-state index >= 15 is 0 Å². The van der Waals surface area contributed by atoms with E-state index in [0.717, 1.165) is 11.3 Å². The quantitative estimate of drug-likeness (QED) is 0.875. The van der Waals surface area contributed by atoms with Crippen LogP contribution in [0.4, 0.5) is 0 Å². The van der Waals surface area contributed by atoms with Gasteiger partial charge in [0.2, 0.25) is 5.91 Å². The predicted molar refractivity (Wildman–Crippen MR) is 77.3 cm³/mol. The molecule has 0 saturated heterocycles. The molecule has 19 heavy (non-hydrogen) atoms. The Hall–Kier alpha value is -1.55. The molecule has 1 rings (SSSR count). The summed E-state index contributed by atoms with van der Waals surface area (Å²) in [6.07, 6.45) is 0. The first-order valence-corrected chi connectivity index (χ1v) is 6.47. The Kier molecular flexibility index (Phi) is 4.95. The molecule has 4 heteroatoms. The molecule has 1 amide bonds. The third-order valence-electron chi connectivity index (χ3n) is 3.13. The van der Waals surface area contributed by atoms with Gasteiger partial charge in [-0.05, 0) is 30.0 Å². The molecule has 0 saturated carbocycles. The minimum absolute atomic E-state index is 0.00832. The van der Waals surface area contributed by atoms with Crippen molar-refractivity contribution in [2.75, 3.05) is 13.7 Å². The average Bonchev–Trinajstić information content (AvgIpc) is 2.36. The smallest absolute Gasteiger partial charge is 0.234 e. The highest BCUT2D eigenvalue weighted by Gasteiger charge is 2.19. The molecule has 106 valence electrons. The summed E-state index contributed by atoms with van der Waals surface area (Å²) in [4.78, 5) is 11.4. The van der Waals surface area contributed by atoms with Crippen LogP contribution in [0.5, 0.6) is 5.75 Å². The number of hydrogen-bond acceptors (Lipinski definition) is 3. The lowest BCUT2D eigenvalue weighted by Crippen LogP contribution is -2.32. The van der Waals surface area contributed by atoms with Gasteiger partial charge in [0, 0.05) is 5.56 Å². The van der Waals surface area contributed by atoms with Crippen molar-refractivity contribution in [2.45, 2.75) is 39.2 Å². The van der Waals surface area contributed by atoms with E-state index in [4.69, 9.17) is 10.5 Å². The Morgan fingerprint density at radius 3 is 2.53 bits per heavy atom. The van der Waals surface area contributed by atoms with Gasteiger partial charge in [0.15, 0.2) is 0 Å². The molecule has 1 aromatic rings. The van der Waals surface area contributed by atoms with Gasteiger partial charge in [0.1, 0.15) is 5.75 Å². The molecule has 0 aliphatic rings. The first kappa shape index (κ1) is 15.5. The zero-order chi connectivity index (χ0) is 14.6. The van der Waals surface area contributed by atoms with Crippen LogP contribution in [0.2, 0.25) is 0 Å². The van der Waals surface area contributed by atoms with E-state index in [1.807, 2.05) is 13.0 Å². The summed E-state index contributed by atoms with van der Waals surface area (Å²) in [6, 6.07) is 5.95. The zero-order valence-corrected chi connectivity index (χ0v) is 12.4. The number of hydrogen-bond donors (Lipinski definition) is 2. The van der Waals surface area contributed by atoms with E-state index in [-0.39, 0.29) is 23.9 Å². The van der Waals surface area contributed by atoms with Gasteiger partial charge in [-0.2, -0.15) is 0 Å². The fraction of sp³-hybridized carbons (Fsp3) is 0.533. The second kappa shape index (κ2) is 6.06. The molecule has 1 atom stereocenters. The van der Waals surface area contributed by atoms with Crippen molar-refractivity contribution in [2.24, 2.45) is 5.73 Å². The summed E-state index contributed by atoms with van der Waals surface area (Å²) in [5.74, 6) is 0.605. The molecule has 0 spiro atoms. The molecule has 0 aromatic heterocycles. The summed E-state index contributed by atoms with van der Waals surface area (Å²) >= 11 is 0. The number of nitrogens with two attached hydrogens (primary N) is 1. The van der Waals surface area contributed by atoms with E-state index in [0.29, 0.717) is 0 Å². The van der Waals surface area contributed by atoms with Crippen LogP contribution in [0.1, 0.15) is 44.9 Å². The lowest BCUT2D eigenvalue weighted by atomic mass is 9.85. The third-order valence-corrected chi connectivity index (χ3v) is 3.13. The number of methoxy groups -OCH3 is 1. The summed E-state index contributed by atoms with van der Waals surface area (Å²) in [7, 11) is 1.63. The highest BCUT2D eigenvalue weighted by Crippen LogP contribution is 2.31. The molecule has 0 heterocycles. The van der Waals surface area contributed by atoms with Crippen LogP contribution in [-0.2, 0) is 10.2 Å². The molecule has 3 N–H and O–H groups in total. The van der Waals surface area contributed by atoms with Gasteiger partial charge in [0.05, 0.1) is 19.7 Å². The number of nitrogens with one attached hydrogen (secondary N) is 1. The molecule has 0 bridgehead atoms. The minimum atomic E-state index is -0.171. The number of amides is 1. The van der Waals surface area contributed by atoms with Gasteiger partial charge in [-0.3, -0.25) is 4.79 Å². The zero-order valence-electron chi connectivity index (χ0n) is 12.4. The maximum atomic E-state index is 11.4. The van der Waals surface area contributed by atoms with Crippen LogP contribution in [0.15, 0.2) is 18.2 Å². The average molecular weight is 264 g/mol. The van der Waals surface area contributed by atoms with Crippen LogP contribution in [0.25, 0.3) is 0 Å². The highest BCUT2D eigenvalue weighted by atomic mass is 16.5. The molecule has 0 aliphatic carbocycles. The Balaban J connectivity index is 3.12. The van der Waals surface area contributed by atoms with Crippen molar-refractivity contribution in [3.63, 3.8) is 0 Å². The van der Waals surface area contributed by atoms with Gasteiger partial charge >= 0.3 is 0 Å². The van der Waals surface area contributed by atoms with Crippen LogP contribution >= 0.6 is 0 Å². The Bertz CT molecular complexity index is 450. The van der Waals surface area contributed by atoms with E-state index in [9.17, 15) is 4.79 Å². The van der Waals surface area contributed by atoms with E-state index in [2.05, 4.69) is 38.2 Å². The fourth-order valence-corrected chi connectivity index (χ4v) is 1.92. The lowest BCUT2D eigenvalue weighted by molar-refractivity contribution is -0.120. The SMILES string of the molecule is COc1ccc(C(C)(C)C)cc1C(C)NC(=O)CN. The second-order valence-corrected chi connectivity index (χ2v) is 5.70. The molecule has 0 radical (unpaired) electrons. The Labute approximate surface area is 115 Å². The second-order valence-electron chi connectivity index (χ2n) is 5.70. The summed E-state index contributed by atoms with van der Waals surface area (Å²) in [5, 5.41) is 2.86. The van der Waals surface area contributed by atoms with Crippen LogP contribution < -0.4 is 15.8 Å². The topological polar surface area (TPSA) is 64.3 Å². The molecule has 0 fully saturated rings. The highest BCUT2D eigenvalue weighted by molar-refractivity contribution is 5.78. The number of carbonyl (C=O) groups excluding carboxylic acids is 1. The van der Waals surface area contributed by atoms with Gasteiger partial charge in [-0.25, -0.2) is 0 Å². The molecule has 4 nitrogen and oxygen atoms in total. The summed E-state index contributed by atoms with van der Waals surface area (Å²) in [6.45, 7) is 8.38. The maximum absolute atomic E-state index is 11.4. The first-order valence-electron chi connectivity index (χ1n) is 6.47. The molecule has 0 aliphatic heterocycles. The molecule has 1 unspecified atom stereocenters. The van der Waals surface area contributed by atoms with Crippen LogP contribution in [0.3, 0.4) is 0 Å². The number of rotatable bonds is 4. The van der Waals surface area contributed by atoms with Crippen molar-refractivity contribution in [1.82, 2.24) is 5.32 Å². The lowest BCUT2D eigenvalue weighted by Gasteiger charge is -2.23. The standard InChI is InChI=1S/C15H24N2O2/c1-10(17-14(18)9-16)12-8-11(15(2,3)4)6-7-13(12)19-5/h6-8,10H,9,16H2,1-5H3,(H,17,18). The Morgan fingerprint density at radius 1 is 1.42 bits per heavy atom. The van der Waals surface area contributed by atoms with Crippen LogP contribution in [-0.4, -0.2) is 19.6 Å². The van der Waals surface area contributed by atoms with Gasteiger partial charge < -0.3 is 15.8 Å². The van der Waals surface area contributed by atoms with Crippen LogP contribution in [0, 0.1) is 0 Å². The largest absolute Gasteiger partial charge is 0.496 e.